The largest absolute Gasteiger partial charge is 0.464 e. The lowest BCUT2D eigenvalue weighted by Crippen LogP contribution is -2.44. The van der Waals surface area contributed by atoms with E-state index in [1.165, 1.54) is 18.3 Å². The van der Waals surface area contributed by atoms with Gasteiger partial charge < -0.3 is 19.0 Å². The number of nitrogens with zero attached hydrogens (tertiary/aromatic N) is 1. The van der Waals surface area contributed by atoms with E-state index in [2.05, 4.69) is 4.98 Å². The maximum Gasteiger partial charge on any atom is 0.354 e. The van der Waals surface area contributed by atoms with Gasteiger partial charge in [-0.1, -0.05) is 6.92 Å². The second-order valence-corrected chi connectivity index (χ2v) is 6.13. The summed E-state index contributed by atoms with van der Waals surface area (Å²) >= 11 is 0. The normalized spacial score (nSPS) is 11.9. The molecule has 0 radical (unpaired) electrons. The molecule has 0 spiro atoms. The van der Waals surface area contributed by atoms with Crippen LogP contribution in [-0.2, 0) is 4.74 Å². The van der Waals surface area contributed by atoms with E-state index >= 15 is 0 Å². The lowest BCUT2D eigenvalue weighted by Gasteiger charge is -2.27. The third-order valence-electron chi connectivity index (χ3n) is 4.38. The van der Waals surface area contributed by atoms with Crippen LogP contribution in [0.5, 0.6) is 0 Å². The van der Waals surface area contributed by atoms with E-state index < -0.39 is 12.0 Å². The number of aromatic amines is 1. The number of aryl methyl sites for hydroxylation is 1. The third kappa shape index (κ3) is 3.56. The zero-order valence-corrected chi connectivity index (χ0v) is 15.7. The summed E-state index contributed by atoms with van der Waals surface area (Å²) in [6, 6.07) is 2.50. The van der Waals surface area contributed by atoms with Gasteiger partial charge in [0.1, 0.15) is 5.69 Å². The first kappa shape index (κ1) is 19.5. The molecule has 0 unspecified atom stereocenters. The van der Waals surface area contributed by atoms with Crippen molar-refractivity contribution < 1.29 is 23.5 Å². The molecule has 0 saturated carbocycles. The number of H-pyrrole nitrogens is 1. The Bertz CT molecular complexity index is 804. The Balaban J connectivity index is 2.36. The highest BCUT2D eigenvalue weighted by atomic mass is 16.5. The summed E-state index contributed by atoms with van der Waals surface area (Å²) in [5.74, 6) is -0.915. The monoisotopic (exact) mass is 360 g/mol. The molecule has 7 heteroatoms. The lowest BCUT2D eigenvalue weighted by molar-refractivity contribution is 0.0590. The van der Waals surface area contributed by atoms with Crippen molar-refractivity contribution >= 4 is 17.7 Å². The number of carbonyl (C=O) groups excluding carboxylic acids is 3. The molecule has 0 aliphatic carbocycles. The molecule has 2 aromatic rings. The fraction of sp³-hybridized carbons (Fsp3) is 0.421. The molecule has 140 valence electrons. The number of hydrogen-bond acceptors (Lipinski definition) is 5. The number of Topliss-reactive ketones (excluding diaryl/α,β-unsaturated/α-hetero) is 1. The predicted molar refractivity (Wildman–Crippen MR) is 95.4 cm³/mol. The SMILES string of the molecule is CCCN(C(=O)c1ccco1)[C@H](C)C(=O)c1c(C)[nH]c(C(=O)OC)c1C. The van der Waals surface area contributed by atoms with E-state index in [-0.39, 0.29) is 23.1 Å². The molecule has 26 heavy (non-hydrogen) atoms. The van der Waals surface area contributed by atoms with Crippen LogP contribution in [0, 0.1) is 13.8 Å². The molecule has 7 nitrogen and oxygen atoms in total. The van der Waals surface area contributed by atoms with Crippen molar-refractivity contribution in [1.82, 2.24) is 9.88 Å². The number of esters is 1. The Morgan fingerprint density at radius 3 is 2.54 bits per heavy atom. The van der Waals surface area contributed by atoms with E-state index in [0.717, 1.165) is 0 Å². The molecular weight excluding hydrogens is 336 g/mol. The number of hydrogen-bond donors (Lipinski definition) is 1. The minimum absolute atomic E-state index is 0.191. The minimum Gasteiger partial charge on any atom is -0.464 e. The Morgan fingerprint density at radius 2 is 2.00 bits per heavy atom. The van der Waals surface area contributed by atoms with Gasteiger partial charge in [0.15, 0.2) is 11.5 Å². The van der Waals surface area contributed by atoms with E-state index in [0.29, 0.717) is 29.8 Å². The van der Waals surface area contributed by atoms with Gasteiger partial charge >= 0.3 is 5.97 Å². The van der Waals surface area contributed by atoms with Crippen molar-refractivity contribution in [2.45, 2.75) is 40.2 Å². The molecule has 0 aliphatic heterocycles. The van der Waals surface area contributed by atoms with Crippen LogP contribution in [0.2, 0.25) is 0 Å². The molecule has 1 N–H and O–H groups in total. The van der Waals surface area contributed by atoms with E-state index in [1.54, 1.807) is 32.9 Å². The third-order valence-corrected chi connectivity index (χ3v) is 4.38. The van der Waals surface area contributed by atoms with Gasteiger partial charge in [0.25, 0.3) is 5.91 Å². The fourth-order valence-corrected chi connectivity index (χ4v) is 3.03. The second kappa shape index (κ2) is 8.03. The molecule has 1 amide bonds. The summed E-state index contributed by atoms with van der Waals surface area (Å²) in [5, 5.41) is 0. The van der Waals surface area contributed by atoms with Crippen LogP contribution in [0.25, 0.3) is 0 Å². The molecule has 0 aromatic carbocycles. The van der Waals surface area contributed by atoms with Crippen molar-refractivity contribution in [3.63, 3.8) is 0 Å². The molecule has 0 bridgehead atoms. The number of carbonyl (C=O) groups is 3. The number of furan rings is 1. The van der Waals surface area contributed by atoms with Crippen LogP contribution in [0.15, 0.2) is 22.8 Å². The first-order chi connectivity index (χ1) is 12.3. The Morgan fingerprint density at radius 1 is 1.31 bits per heavy atom. The average molecular weight is 360 g/mol. The summed E-state index contributed by atoms with van der Waals surface area (Å²) < 4.78 is 9.93. The van der Waals surface area contributed by atoms with Crippen LogP contribution in [-0.4, -0.2) is 47.2 Å². The zero-order valence-electron chi connectivity index (χ0n) is 15.7. The first-order valence-corrected chi connectivity index (χ1v) is 8.49. The molecule has 2 rings (SSSR count). The smallest absolute Gasteiger partial charge is 0.354 e. The van der Waals surface area contributed by atoms with E-state index in [9.17, 15) is 14.4 Å². The van der Waals surface area contributed by atoms with Gasteiger partial charge in [-0.25, -0.2) is 4.79 Å². The second-order valence-electron chi connectivity index (χ2n) is 6.13. The van der Waals surface area contributed by atoms with Crippen LogP contribution < -0.4 is 0 Å². The van der Waals surface area contributed by atoms with Gasteiger partial charge in [-0.2, -0.15) is 0 Å². The van der Waals surface area contributed by atoms with E-state index in [1.807, 2.05) is 6.92 Å². The van der Waals surface area contributed by atoms with Crippen molar-refractivity contribution in [2.75, 3.05) is 13.7 Å². The number of aromatic nitrogens is 1. The number of nitrogens with one attached hydrogen (secondary N) is 1. The van der Waals surface area contributed by atoms with Gasteiger partial charge in [0.2, 0.25) is 0 Å². The zero-order chi connectivity index (χ0) is 19.4. The Kier molecular flexibility index (Phi) is 6.02. The van der Waals surface area contributed by atoms with Gasteiger partial charge in [0.05, 0.1) is 19.4 Å². The number of rotatable bonds is 7. The van der Waals surface area contributed by atoms with Gasteiger partial charge in [-0.15, -0.1) is 0 Å². The molecular formula is C19H24N2O5. The summed E-state index contributed by atoms with van der Waals surface area (Å²) in [4.78, 5) is 42.1. The number of methoxy groups -OCH3 is 1. The fourth-order valence-electron chi connectivity index (χ4n) is 3.03. The van der Waals surface area contributed by atoms with Crippen LogP contribution >= 0.6 is 0 Å². The highest BCUT2D eigenvalue weighted by molar-refractivity contribution is 6.07. The van der Waals surface area contributed by atoms with Crippen molar-refractivity contribution in [3.05, 3.63) is 46.7 Å². The van der Waals surface area contributed by atoms with Crippen molar-refractivity contribution in [3.8, 4) is 0 Å². The number of ketones is 1. The van der Waals surface area contributed by atoms with Crippen LogP contribution in [0.3, 0.4) is 0 Å². The molecule has 2 heterocycles. The molecule has 2 aromatic heterocycles. The van der Waals surface area contributed by atoms with Crippen LogP contribution in [0.1, 0.15) is 62.9 Å². The summed E-state index contributed by atoms with van der Waals surface area (Å²) in [6.07, 6.45) is 2.12. The summed E-state index contributed by atoms with van der Waals surface area (Å²) in [6.45, 7) is 7.44. The maximum atomic E-state index is 13.1. The Labute approximate surface area is 152 Å². The summed E-state index contributed by atoms with van der Waals surface area (Å²) in [5.41, 5.74) is 1.75. The first-order valence-electron chi connectivity index (χ1n) is 8.49. The highest BCUT2D eigenvalue weighted by Gasteiger charge is 2.32. The number of ether oxygens (including phenoxy) is 1. The van der Waals surface area contributed by atoms with Crippen LogP contribution in [0.4, 0.5) is 0 Å². The standard InChI is InChI=1S/C19H24N2O5/c1-6-9-21(18(23)14-8-7-10-26-14)13(4)17(22)15-11(2)16(19(24)25-5)20-12(15)3/h7-8,10,13,20H,6,9H2,1-5H3/t13-/m1/s1. The molecule has 0 aliphatic rings. The predicted octanol–water partition coefficient (Wildman–Crippen LogP) is 3.13. The molecule has 1 atom stereocenters. The number of amides is 1. The van der Waals surface area contributed by atoms with Crippen molar-refractivity contribution in [2.24, 2.45) is 0 Å². The topological polar surface area (TPSA) is 92.6 Å². The quantitative estimate of drug-likeness (QED) is 0.605. The van der Waals surface area contributed by atoms with Gasteiger partial charge in [0, 0.05) is 17.8 Å². The molecule has 0 saturated heterocycles. The van der Waals surface area contributed by atoms with Crippen molar-refractivity contribution in [1.29, 1.82) is 0 Å². The Hall–Kier alpha value is -2.83. The maximum absolute atomic E-state index is 13.1. The van der Waals surface area contributed by atoms with Gasteiger partial charge in [-0.3, -0.25) is 9.59 Å². The lowest BCUT2D eigenvalue weighted by atomic mass is 9.99. The summed E-state index contributed by atoms with van der Waals surface area (Å²) in [7, 11) is 1.28. The average Bonchev–Trinajstić information content (AvgIpc) is 3.25. The van der Waals surface area contributed by atoms with E-state index in [4.69, 9.17) is 9.15 Å². The molecule has 0 fully saturated rings. The van der Waals surface area contributed by atoms with Gasteiger partial charge in [-0.05, 0) is 44.9 Å². The highest BCUT2D eigenvalue weighted by Crippen LogP contribution is 2.23. The minimum atomic E-state index is -0.703.